The van der Waals surface area contributed by atoms with Crippen LogP contribution >= 0.6 is 0 Å². The molecule has 2 amide bonds. The molecule has 122 valence electrons. The van der Waals surface area contributed by atoms with Gasteiger partial charge in [0.2, 0.25) is 0 Å². The Labute approximate surface area is 126 Å². The summed E-state index contributed by atoms with van der Waals surface area (Å²) in [5, 5.41) is 5.67. The van der Waals surface area contributed by atoms with Crippen molar-refractivity contribution >= 4 is 12.2 Å². The number of alkyl carbamates (subject to hydrolysis) is 2. The fourth-order valence-electron chi connectivity index (χ4n) is 2.19. The van der Waals surface area contributed by atoms with Crippen molar-refractivity contribution < 1.29 is 19.1 Å². The van der Waals surface area contributed by atoms with Gasteiger partial charge in [-0.05, 0) is 60.8 Å². The van der Waals surface area contributed by atoms with Gasteiger partial charge in [0.1, 0.15) is 11.2 Å². The van der Waals surface area contributed by atoms with Crippen molar-refractivity contribution in [2.24, 2.45) is 0 Å². The maximum atomic E-state index is 11.7. The van der Waals surface area contributed by atoms with Crippen LogP contribution in [0.4, 0.5) is 9.59 Å². The van der Waals surface area contributed by atoms with Gasteiger partial charge in [-0.15, -0.1) is 0 Å². The first-order valence-corrected chi connectivity index (χ1v) is 7.44. The van der Waals surface area contributed by atoms with Crippen molar-refractivity contribution in [2.45, 2.75) is 84.1 Å². The molecule has 0 aromatic carbocycles. The molecule has 0 radical (unpaired) electrons. The molecule has 6 heteroatoms. The smallest absolute Gasteiger partial charge is 0.407 e. The van der Waals surface area contributed by atoms with Gasteiger partial charge in [0, 0.05) is 12.1 Å². The minimum Gasteiger partial charge on any atom is -0.444 e. The van der Waals surface area contributed by atoms with Crippen molar-refractivity contribution in [1.29, 1.82) is 0 Å². The Morgan fingerprint density at radius 3 is 1.43 bits per heavy atom. The quantitative estimate of drug-likeness (QED) is 0.822. The van der Waals surface area contributed by atoms with Gasteiger partial charge >= 0.3 is 12.2 Å². The normalized spacial score (nSPS) is 22.6. The van der Waals surface area contributed by atoms with Gasteiger partial charge in [0.05, 0.1) is 0 Å². The van der Waals surface area contributed by atoms with Crippen LogP contribution in [0.25, 0.3) is 0 Å². The second-order valence-corrected chi connectivity index (χ2v) is 7.50. The summed E-state index contributed by atoms with van der Waals surface area (Å²) in [6, 6.07) is 0.0552. The summed E-state index contributed by atoms with van der Waals surface area (Å²) < 4.78 is 10.4. The van der Waals surface area contributed by atoms with E-state index in [1.54, 1.807) is 0 Å². The number of rotatable bonds is 2. The summed E-state index contributed by atoms with van der Waals surface area (Å²) in [6.45, 7) is 11.0. The van der Waals surface area contributed by atoms with E-state index in [1.165, 1.54) is 0 Å². The number of ether oxygens (including phenoxy) is 2. The van der Waals surface area contributed by atoms with Crippen LogP contribution in [0.15, 0.2) is 0 Å². The second-order valence-electron chi connectivity index (χ2n) is 7.50. The van der Waals surface area contributed by atoms with Crippen molar-refractivity contribution in [3.8, 4) is 0 Å². The van der Waals surface area contributed by atoms with Gasteiger partial charge in [0.15, 0.2) is 0 Å². The molecule has 1 fully saturated rings. The van der Waals surface area contributed by atoms with Crippen LogP contribution < -0.4 is 10.6 Å². The molecule has 2 N–H and O–H groups in total. The molecule has 2 atom stereocenters. The number of hydrogen-bond donors (Lipinski definition) is 2. The molecule has 6 nitrogen and oxygen atoms in total. The van der Waals surface area contributed by atoms with Gasteiger partial charge in [-0.25, -0.2) is 9.59 Å². The average molecular weight is 300 g/mol. The highest BCUT2D eigenvalue weighted by Gasteiger charge is 2.29. The van der Waals surface area contributed by atoms with E-state index in [1.807, 2.05) is 41.5 Å². The third kappa shape index (κ3) is 7.78. The third-order valence-electron chi connectivity index (χ3n) is 2.87. The SMILES string of the molecule is CC(C)(C)OC(=O)NC1CCC(NC(=O)OC(C)(C)C)C1. The average Bonchev–Trinajstić information content (AvgIpc) is 2.58. The van der Waals surface area contributed by atoms with E-state index >= 15 is 0 Å². The Morgan fingerprint density at radius 1 is 0.810 bits per heavy atom. The Hall–Kier alpha value is -1.46. The van der Waals surface area contributed by atoms with Crippen LogP contribution in [0.1, 0.15) is 60.8 Å². The highest BCUT2D eigenvalue weighted by atomic mass is 16.6. The van der Waals surface area contributed by atoms with Gasteiger partial charge in [-0.3, -0.25) is 0 Å². The van der Waals surface area contributed by atoms with Crippen LogP contribution in [0.3, 0.4) is 0 Å². The van der Waals surface area contributed by atoms with E-state index in [0.717, 1.165) is 12.8 Å². The first kappa shape index (κ1) is 17.6. The van der Waals surface area contributed by atoms with Gasteiger partial charge < -0.3 is 20.1 Å². The lowest BCUT2D eigenvalue weighted by molar-refractivity contribution is 0.0503. The molecule has 0 saturated heterocycles. The predicted molar refractivity (Wildman–Crippen MR) is 80.2 cm³/mol. The van der Waals surface area contributed by atoms with E-state index in [4.69, 9.17) is 9.47 Å². The zero-order valence-corrected chi connectivity index (χ0v) is 13.9. The molecular weight excluding hydrogens is 272 g/mol. The van der Waals surface area contributed by atoms with Crippen LogP contribution in [-0.2, 0) is 9.47 Å². The highest BCUT2D eigenvalue weighted by Crippen LogP contribution is 2.20. The molecule has 2 unspecified atom stereocenters. The Balaban J connectivity index is 2.33. The molecule has 0 aromatic rings. The van der Waals surface area contributed by atoms with Crippen LogP contribution in [-0.4, -0.2) is 35.5 Å². The monoisotopic (exact) mass is 300 g/mol. The first-order valence-electron chi connectivity index (χ1n) is 7.44. The molecule has 21 heavy (non-hydrogen) atoms. The first-order chi connectivity index (χ1) is 9.44. The second kappa shape index (κ2) is 6.54. The third-order valence-corrected chi connectivity index (χ3v) is 2.87. The lowest BCUT2D eigenvalue weighted by Gasteiger charge is -2.22. The van der Waals surface area contributed by atoms with E-state index < -0.39 is 23.4 Å². The maximum absolute atomic E-state index is 11.7. The lowest BCUT2D eigenvalue weighted by Crippen LogP contribution is -2.41. The summed E-state index contributed by atoms with van der Waals surface area (Å²) in [5.74, 6) is 0. The van der Waals surface area contributed by atoms with Crippen LogP contribution in [0.2, 0.25) is 0 Å². The number of amides is 2. The number of hydrogen-bond acceptors (Lipinski definition) is 4. The predicted octanol–water partition coefficient (Wildman–Crippen LogP) is 2.96. The van der Waals surface area contributed by atoms with E-state index in [0.29, 0.717) is 6.42 Å². The molecule has 0 heterocycles. The van der Waals surface area contributed by atoms with Gasteiger partial charge in [0.25, 0.3) is 0 Å². The summed E-state index contributed by atoms with van der Waals surface area (Å²) >= 11 is 0. The minimum atomic E-state index is -0.503. The topological polar surface area (TPSA) is 76.7 Å². The number of carbonyl (C=O) groups is 2. The molecule has 1 aliphatic rings. The van der Waals surface area contributed by atoms with Crippen molar-refractivity contribution in [1.82, 2.24) is 10.6 Å². The van der Waals surface area contributed by atoms with Crippen molar-refractivity contribution in [3.63, 3.8) is 0 Å². The number of carbonyl (C=O) groups excluding carboxylic acids is 2. The Bertz CT molecular complexity index is 346. The van der Waals surface area contributed by atoms with E-state index in [2.05, 4.69) is 10.6 Å². The Kier molecular flexibility index (Phi) is 5.48. The maximum Gasteiger partial charge on any atom is 0.407 e. The highest BCUT2D eigenvalue weighted by molar-refractivity contribution is 5.69. The van der Waals surface area contributed by atoms with E-state index in [-0.39, 0.29) is 12.1 Å². The van der Waals surface area contributed by atoms with Crippen LogP contribution in [0, 0.1) is 0 Å². The van der Waals surface area contributed by atoms with Crippen molar-refractivity contribution in [2.75, 3.05) is 0 Å². The molecule has 0 aliphatic heterocycles. The molecule has 0 spiro atoms. The Morgan fingerprint density at radius 2 is 1.14 bits per heavy atom. The zero-order valence-electron chi connectivity index (χ0n) is 13.9. The fourth-order valence-corrected chi connectivity index (χ4v) is 2.19. The number of nitrogens with one attached hydrogen (secondary N) is 2. The standard InChI is InChI=1S/C15H28N2O4/c1-14(2,3)20-12(18)16-10-7-8-11(9-10)17-13(19)21-15(4,5)6/h10-11H,7-9H2,1-6H3,(H,16,18)(H,17,19). The lowest BCUT2D eigenvalue weighted by atomic mass is 10.2. The molecular formula is C15H28N2O4. The van der Waals surface area contributed by atoms with Gasteiger partial charge in [-0.2, -0.15) is 0 Å². The zero-order chi connectivity index (χ0) is 16.3. The largest absolute Gasteiger partial charge is 0.444 e. The van der Waals surface area contributed by atoms with Crippen molar-refractivity contribution in [3.05, 3.63) is 0 Å². The molecule has 1 saturated carbocycles. The molecule has 0 bridgehead atoms. The summed E-state index contributed by atoms with van der Waals surface area (Å²) in [4.78, 5) is 23.4. The minimum absolute atomic E-state index is 0.0276. The van der Waals surface area contributed by atoms with Gasteiger partial charge in [-0.1, -0.05) is 0 Å². The summed E-state index contributed by atoms with van der Waals surface area (Å²) in [7, 11) is 0. The molecule has 0 aromatic heterocycles. The fraction of sp³-hybridized carbons (Fsp3) is 0.867. The summed E-state index contributed by atoms with van der Waals surface area (Å²) in [5.41, 5.74) is -1.01. The molecule has 1 aliphatic carbocycles. The van der Waals surface area contributed by atoms with E-state index in [9.17, 15) is 9.59 Å². The summed E-state index contributed by atoms with van der Waals surface area (Å²) in [6.07, 6.45) is 1.51. The van der Waals surface area contributed by atoms with Crippen LogP contribution in [0.5, 0.6) is 0 Å². The molecule has 1 rings (SSSR count).